The third kappa shape index (κ3) is 10.1. The van der Waals surface area contributed by atoms with Gasteiger partial charge in [-0.1, -0.05) is 12.1 Å². The summed E-state index contributed by atoms with van der Waals surface area (Å²) in [5.41, 5.74) is 5.37. The molecule has 0 fully saturated rings. The summed E-state index contributed by atoms with van der Waals surface area (Å²) in [5.74, 6) is 2.76. The summed E-state index contributed by atoms with van der Waals surface area (Å²) in [5, 5.41) is 14.8. The van der Waals surface area contributed by atoms with Crippen LogP contribution in [-0.2, 0) is 0 Å². The van der Waals surface area contributed by atoms with Crippen molar-refractivity contribution < 1.29 is 5.21 Å². The highest BCUT2D eigenvalue weighted by molar-refractivity contribution is 7.99. The zero-order chi connectivity index (χ0) is 12.2. The number of rotatable bonds is 10. The molecule has 0 aromatic carbocycles. The first-order chi connectivity index (χ1) is 7.70. The van der Waals surface area contributed by atoms with Gasteiger partial charge in [-0.25, -0.2) is 0 Å². The Kier molecular flexibility index (Phi) is 10.8. The lowest BCUT2D eigenvalue weighted by molar-refractivity contribution is 0.316. The molecular formula is C11H25N3OS. The monoisotopic (exact) mass is 247 g/mol. The molecule has 16 heavy (non-hydrogen) atoms. The lowest BCUT2D eigenvalue weighted by atomic mass is 10.2. The zero-order valence-corrected chi connectivity index (χ0v) is 11.2. The molecule has 1 unspecified atom stereocenters. The van der Waals surface area contributed by atoms with Crippen LogP contribution in [0.3, 0.4) is 0 Å². The first-order valence-corrected chi connectivity index (χ1v) is 7.13. The second-order valence-corrected chi connectivity index (χ2v) is 5.28. The van der Waals surface area contributed by atoms with Crippen molar-refractivity contribution >= 4 is 17.6 Å². The predicted octanol–water partition coefficient (Wildman–Crippen LogP) is 2.02. The molecule has 0 bridgehead atoms. The summed E-state index contributed by atoms with van der Waals surface area (Å²) < 4.78 is 0. The number of nitrogens with one attached hydrogen (secondary N) is 1. The average molecular weight is 247 g/mol. The first-order valence-electron chi connectivity index (χ1n) is 5.98. The van der Waals surface area contributed by atoms with Gasteiger partial charge in [-0.2, -0.15) is 11.8 Å². The number of thioether (sulfide) groups is 1. The van der Waals surface area contributed by atoms with Gasteiger partial charge in [0.1, 0.15) is 5.84 Å². The van der Waals surface area contributed by atoms with Crippen LogP contribution in [0.1, 0.15) is 39.5 Å². The van der Waals surface area contributed by atoms with E-state index in [1.54, 1.807) is 0 Å². The molecule has 4 N–H and O–H groups in total. The molecule has 0 saturated heterocycles. The molecule has 0 saturated carbocycles. The van der Waals surface area contributed by atoms with E-state index in [9.17, 15) is 0 Å². The summed E-state index contributed by atoms with van der Waals surface area (Å²) in [4.78, 5) is 0. The number of nitrogens with zero attached hydrogens (tertiary/aromatic N) is 1. The first kappa shape index (κ1) is 15.6. The topological polar surface area (TPSA) is 70.6 Å². The fourth-order valence-electron chi connectivity index (χ4n) is 1.34. The van der Waals surface area contributed by atoms with Crippen LogP contribution in [0.4, 0.5) is 0 Å². The molecule has 0 aromatic heterocycles. The van der Waals surface area contributed by atoms with E-state index in [1.807, 2.05) is 11.8 Å². The molecule has 5 heteroatoms. The van der Waals surface area contributed by atoms with E-state index in [2.05, 4.69) is 24.3 Å². The molecule has 0 radical (unpaired) electrons. The van der Waals surface area contributed by atoms with Gasteiger partial charge in [0.05, 0.1) is 0 Å². The number of hydrogen-bond acceptors (Lipinski definition) is 4. The summed E-state index contributed by atoms with van der Waals surface area (Å²) in [7, 11) is 0. The molecule has 0 aliphatic rings. The Bertz CT molecular complexity index is 188. The quantitative estimate of drug-likeness (QED) is 0.182. The number of amidine groups is 1. The molecule has 0 heterocycles. The molecule has 0 aliphatic carbocycles. The van der Waals surface area contributed by atoms with E-state index in [4.69, 9.17) is 10.9 Å². The van der Waals surface area contributed by atoms with Crippen molar-refractivity contribution in [1.29, 1.82) is 0 Å². The number of nitrogens with two attached hydrogens (primary N) is 1. The van der Waals surface area contributed by atoms with Gasteiger partial charge in [-0.15, -0.1) is 0 Å². The van der Waals surface area contributed by atoms with Crippen molar-refractivity contribution in [2.24, 2.45) is 10.9 Å². The Morgan fingerprint density at radius 2 is 2.25 bits per heavy atom. The SMILES string of the molecule is CCSCCC(C)NCCCCC(N)=NO. The highest BCUT2D eigenvalue weighted by Gasteiger charge is 2.00. The highest BCUT2D eigenvalue weighted by Crippen LogP contribution is 2.04. The van der Waals surface area contributed by atoms with Crippen molar-refractivity contribution in [3.8, 4) is 0 Å². The normalized spacial score (nSPS) is 14.0. The van der Waals surface area contributed by atoms with Gasteiger partial charge in [0, 0.05) is 12.5 Å². The fourth-order valence-corrected chi connectivity index (χ4v) is 2.14. The van der Waals surface area contributed by atoms with Gasteiger partial charge in [0.2, 0.25) is 0 Å². The van der Waals surface area contributed by atoms with E-state index in [-0.39, 0.29) is 0 Å². The van der Waals surface area contributed by atoms with Crippen LogP contribution in [0.2, 0.25) is 0 Å². The zero-order valence-electron chi connectivity index (χ0n) is 10.4. The number of unbranched alkanes of at least 4 members (excludes halogenated alkanes) is 1. The Morgan fingerprint density at radius 1 is 1.50 bits per heavy atom. The lowest BCUT2D eigenvalue weighted by Crippen LogP contribution is -2.27. The molecule has 0 aromatic rings. The van der Waals surface area contributed by atoms with Crippen molar-refractivity contribution in [3.63, 3.8) is 0 Å². The van der Waals surface area contributed by atoms with E-state index in [0.29, 0.717) is 18.3 Å². The lowest BCUT2D eigenvalue weighted by Gasteiger charge is -2.12. The largest absolute Gasteiger partial charge is 0.409 e. The second-order valence-electron chi connectivity index (χ2n) is 3.89. The Labute approximate surface area is 103 Å². The highest BCUT2D eigenvalue weighted by atomic mass is 32.2. The smallest absolute Gasteiger partial charge is 0.139 e. The average Bonchev–Trinajstić information content (AvgIpc) is 2.28. The van der Waals surface area contributed by atoms with E-state index in [1.165, 1.54) is 17.9 Å². The molecule has 0 amide bonds. The number of oxime groups is 1. The van der Waals surface area contributed by atoms with E-state index < -0.39 is 0 Å². The Hall–Kier alpha value is -0.420. The molecule has 0 spiro atoms. The minimum atomic E-state index is 0.326. The minimum Gasteiger partial charge on any atom is -0.409 e. The van der Waals surface area contributed by atoms with E-state index in [0.717, 1.165) is 19.4 Å². The van der Waals surface area contributed by atoms with Gasteiger partial charge in [0.25, 0.3) is 0 Å². The maximum Gasteiger partial charge on any atom is 0.139 e. The van der Waals surface area contributed by atoms with Crippen molar-refractivity contribution in [3.05, 3.63) is 0 Å². The van der Waals surface area contributed by atoms with Crippen LogP contribution in [0.15, 0.2) is 5.16 Å². The third-order valence-electron chi connectivity index (χ3n) is 2.38. The van der Waals surface area contributed by atoms with Crippen LogP contribution in [0, 0.1) is 0 Å². The Balaban J connectivity index is 3.24. The third-order valence-corrected chi connectivity index (χ3v) is 3.31. The van der Waals surface area contributed by atoms with Crippen LogP contribution in [0.5, 0.6) is 0 Å². The van der Waals surface area contributed by atoms with Crippen LogP contribution < -0.4 is 11.1 Å². The Morgan fingerprint density at radius 3 is 2.88 bits per heavy atom. The van der Waals surface area contributed by atoms with Crippen LogP contribution >= 0.6 is 11.8 Å². The van der Waals surface area contributed by atoms with Gasteiger partial charge in [-0.05, 0) is 44.2 Å². The maximum atomic E-state index is 8.35. The van der Waals surface area contributed by atoms with Gasteiger partial charge in [-0.3, -0.25) is 0 Å². The predicted molar refractivity (Wildman–Crippen MR) is 72.3 cm³/mol. The van der Waals surface area contributed by atoms with Gasteiger partial charge < -0.3 is 16.3 Å². The summed E-state index contributed by atoms with van der Waals surface area (Å²) >= 11 is 1.99. The fraction of sp³-hybridized carbons (Fsp3) is 0.909. The van der Waals surface area contributed by atoms with E-state index >= 15 is 0 Å². The number of hydrogen-bond donors (Lipinski definition) is 3. The molecular weight excluding hydrogens is 222 g/mol. The summed E-state index contributed by atoms with van der Waals surface area (Å²) in [6.07, 6.45) is 3.94. The van der Waals surface area contributed by atoms with Crippen molar-refractivity contribution in [2.75, 3.05) is 18.1 Å². The van der Waals surface area contributed by atoms with Gasteiger partial charge in [0.15, 0.2) is 0 Å². The maximum absolute atomic E-state index is 8.35. The summed E-state index contributed by atoms with van der Waals surface area (Å²) in [6.45, 7) is 5.42. The van der Waals surface area contributed by atoms with Crippen LogP contribution in [0.25, 0.3) is 0 Å². The summed E-state index contributed by atoms with van der Waals surface area (Å²) in [6, 6.07) is 0.586. The van der Waals surface area contributed by atoms with Crippen molar-refractivity contribution in [2.45, 2.75) is 45.6 Å². The molecule has 0 rings (SSSR count). The molecule has 1 atom stereocenters. The minimum absolute atomic E-state index is 0.326. The van der Waals surface area contributed by atoms with Crippen LogP contribution in [-0.4, -0.2) is 35.1 Å². The molecule has 96 valence electrons. The standard InChI is InChI=1S/C11H25N3OS/c1-3-16-9-7-10(2)13-8-5-4-6-11(12)14-15/h10,13,15H,3-9H2,1-2H3,(H2,12,14). The van der Waals surface area contributed by atoms with Gasteiger partial charge >= 0.3 is 0 Å². The molecule has 0 aliphatic heterocycles. The van der Waals surface area contributed by atoms with Crippen molar-refractivity contribution in [1.82, 2.24) is 5.32 Å². The molecule has 4 nitrogen and oxygen atoms in total. The second kappa shape index (κ2) is 11.1.